The van der Waals surface area contributed by atoms with E-state index in [9.17, 15) is 9.18 Å². The van der Waals surface area contributed by atoms with Gasteiger partial charge in [-0.15, -0.1) is 0 Å². The second-order valence-corrected chi connectivity index (χ2v) is 6.21. The van der Waals surface area contributed by atoms with Gasteiger partial charge in [-0.25, -0.2) is 9.07 Å². The molecular weight excluding hydrogens is 345 g/mol. The molecule has 0 aliphatic rings. The smallest absolute Gasteiger partial charge is 0.257 e. The third kappa shape index (κ3) is 4.23. The Morgan fingerprint density at radius 3 is 2.56 bits per heavy atom. The Morgan fingerprint density at radius 2 is 1.85 bits per heavy atom. The van der Waals surface area contributed by atoms with E-state index in [0.29, 0.717) is 36.6 Å². The molecule has 0 saturated carbocycles. The highest BCUT2D eigenvalue weighted by Gasteiger charge is 2.22. The summed E-state index contributed by atoms with van der Waals surface area (Å²) in [5.74, 6) is -0.542. The van der Waals surface area contributed by atoms with Crippen LogP contribution in [0, 0.1) is 12.7 Å². The number of nitrogens with zero attached hydrogens (tertiary/aromatic N) is 3. The third-order valence-electron chi connectivity index (χ3n) is 4.39. The number of halogens is 1. The zero-order valence-corrected chi connectivity index (χ0v) is 15.4. The van der Waals surface area contributed by atoms with Crippen molar-refractivity contribution in [1.29, 1.82) is 0 Å². The van der Waals surface area contributed by atoms with E-state index in [1.165, 1.54) is 16.9 Å². The second-order valence-electron chi connectivity index (χ2n) is 6.21. The van der Waals surface area contributed by atoms with Gasteiger partial charge in [-0.05, 0) is 24.6 Å². The van der Waals surface area contributed by atoms with E-state index in [1.54, 1.807) is 37.1 Å². The molecule has 0 radical (unpaired) electrons. The molecule has 0 aliphatic carbocycles. The predicted octanol–water partition coefficient (Wildman–Crippen LogP) is 3.61. The van der Waals surface area contributed by atoms with Crippen LogP contribution < -0.4 is 0 Å². The first kappa shape index (κ1) is 18.8. The zero-order valence-electron chi connectivity index (χ0n) is 15.4. The Morgan fingerprint density at radius 1 is 1.15 bits per heavy atom. The number of hydrogen-bond acceptors (Lipinski definition) is 3. The summed E-state index contributed by atoms with van der Waals surface area (Å²) in [6.45, 7) is 3.12. The average molecular weight is 367 g/mol. The Kier molecular flexibility index (Phi) is 5.98. The normalized spacial score (nSPS) is 10.8. The van der Waals surface area contributed by atoms with Crippen LogP contribution >= 0.6 is 0 Å². The van der Waals surface area contributed by atoms with E-state index in [1.807, 2.05) is 30.3 Å². The number of aromatic nitrogens is 2. The maximum absolute atomic E-state index is 14.1. The van der Waals surface area contributed by atoms with E-state index in [-0.39, 0.29) is 11.7 Å². The van der Waals surface area contributed by atoms with Gasteiger partial charge in [0.25, 0.3) is 5.91 Å². The first-order valence-corrected chi connectivity index (χ1v) is 8.73. The van der Waals surface area contributed by atoms with Crippen molar-refractivity contribution < 1.29 is 13.9 Å². The molecule has 1 amide bonds. The number of hydrogen-bond donors (Lipinski definition) is 0. The van der Waals surface area contributed by atoms with Crippen LogP contribution in [0.3, 0.4) is 0 Å². The molecule has 3 rings (SSSR count). The molecular formula is C21H22FN3O2. The second kappa shape index (κ2) is 8.60. The van der Waals surface area contributed by atoms with Gasteiger partial charge in [0.2, 0.25) is 0 Å². The van der Waals surface area contributed by atoms with Crippen LogP contribution in [0.15, 0.2) is 60.8 Å². The Hall–Kier alpha value is -2.99. The molecule has 0 bridgehead atoms. The largest absolute Gasteiger partial charge is 0.383 e. The van der Waals surface area contributed by atoms with Crippen molar-refractivity contribution in [1.82, 2.24) is 14.7 Å². The van der Waals surface area contributed by atoms with Crippen LogP contribution in [0.25, 0.3) is 5.69 Å². The highest BCUT2D eigenvalue weighted by Crippen LogP contribution is 2.19. The van der Waals surface area contributed by atoms with Gasteiger partial charge in [-0.2, -0.15) is 5.10 Å². The molecule has 1 aromatic heterocycles. The first-order chi connectivity index (χ1) is 13.1. The maximum Gasteiger partial charge on any atom is 0.257 e. The minimum atomic E-state index is -0.386. The standard InChI is InChI=1S/C21H22FN3O2/c1-16-18(14-23-25(16)20-11-7-6-10-19(20)22)21(26)24(12-13-27-2)15-17-8-4-3-5-9-17/h3-11,14H,12-13,15H2,1-2H3. The molecule has 2 aromatic carbocycles. The number of rotatable bonds is 7. The first-order valence-electron chi connectivity index (χ1n) is 8.73. The number of benzene rings is 2. The number of carbonyl (C=O) groups is 1. The van der Waals surface area contributed by atoms with Crippen molar-refractivity contribution in [3.05, 3.63) is 83.4 Å². The molecule has 0 N–H and O–H groups in total. The Bertz CT molecular complexity index is 909. The average Bonchev–Trinajstić information content (AvgIpc) is 3.07. The number of ether oxygens (including phenoxy) is 1. The van der Waals surface area contributed by atoms with Crippen LogP contribution in [0.2, 0.25) is 0 Å². The lowest BCUT2D eigenvalue weighted by molar-refractivity contribution is 0.0679. The topological polar surface area (TPSA) is 47.4 Å². The molecule has 27 heavy (non-hydrogen) atoms. The highest BCUT2D eigenvalue weighted by atomic mass is 19.1. The summed E-state index contributed by atoms with van der Waals surface area (Å²) in [5, 5.41) is 4.24. The molecule has 0 atom stereocenters. The molecule has 1 heterocycles. The summed E-state index contributed by atoms with van der Waals surface area (Å²) in [6, 6.07) is 16.1. The fourth-order valence-electron chi connectivity index (χ4n) is 2.91. The monoisotopic (exact) mass is 367 g/mol. The number of methoxy groups -OCH3 is 1. The van der Waals surface area contributed by atoms with Gasteiger partial charge >= 0.3 is 0 Å². The molecule has 0 aliphatic heterocycles. The van der Waals surface area contributed by atoms with E-state index in [0.717, 1.165) is 5.56 Å². The van der Waals surface area contributed by atoms with E-state index >= 15 is 0 Å². The Balaban J connectivity index is 1.89. The fraction of sp³-hybridized carbons (Fsp3) is 0.238. The molecule has 3 aromatic rings. The molecule has 0 unspecified atom stereocenters. The van der Waals surface area contributed by atoms with Crippen molar-refractivity contribution in [3.63, 3.8) is 0 Å². The molecule has 6 heteroatoms. The lowest BCUT2D eigenvalue weighted by atomic mass is 10.1. The van der Waals surface area contributed by atoms with Crippen molar-refractivity contribution in [2.45, 2.75) is 13.5 Å². The third-order valence-corrected chi connectivity index (χ3v) is 4.39. The summed E-state index contributed by atoms with van der Waals surface area (Å²) in [5.41, 5.74) is 2.40. The number of carbonyl (C=O) groups excluding carboxylic acids is 1. The molecule has 5 nitrogen and oxygen atoms in total. The predicted molar refractivity (Wildman–Crippen MR) is 101 cm³/mol. The van der Waals surface area contributed by atoms with E-state index < -0.39 is 0 Å². The van der Waals surface area contributed by atoms with E-state index in [4.69, 9.17) is 4.74 Å². The fourth-order valence-corrected chi connectivity index (χ4v) is 2.91. The summed E-state index contributed by atoms with van der Waals surface area (Å²) in [7, 11) is 1.60. The lowest BCUT2D eigenvalue weighted by Gasteiger charge is -2.22. The zero-order chi connectivity index (χ0) is 19.2. The van der Waals surface area contributed by atoms with Gasteiger partial charge in [-0.1, -0.05) is 42.5 Å². The SMILES string of the molecule is COCCN(Cc1ccccc1)C(=O)c1cnn(-c2ccccc2F)c1C. The molecule has 140 valence electrons. The highest BCUT2D eigenvalue weighted by molar-refractivity contribution is 5.95. The molecule has 0 saturated heterocycles. The number of para-hydroxylation sites is 1. The van der Waals surface area contributed by atoms with Crippen LogP contribution in [-0.4, -0.2) is 40.8 Å². The summed E-state index contributed by atoms with van der Waals surface area (Å²) in [4.78, 5) is 14.8. The maximum atomic E-state index is 14.1. The summed E-state index contributed by atoms with van der Waals surface area (Å²) < 4.78 is 20.7. The number of amides is 1. The summed E-state index contributed by atoms with van der Waals surface area (Å²) >= 11 is 0. The molecule has 0 spiro atoms. The summed E-state index contributed by atoms with van der Waals surface area (Å²) in [6.07, 6.45) is 1.49. The van der Waals surface area contributed by atoms with Crippen LogP contribution in [-0.2, 0) is 11.3 Å². The lowest BCUT2D eigenvalue weighted by Crippen LogP contribution is -2.33. The van der Waals surface area contributed by atoms with Gasteiger partial charge in [0.15, 0.2) is 0 Å². The minimum absolute atomic E-state index is 0.156. The van der Waals surface area contributed by atoms with Crippen molar-refractivity contribution in [3.8, 4) is 5.69 Å². The van der Waals surface area contributed by atoms with Crippen LogP contribution in [0.1, 0.15) is 21.6 Å². The molecule has 0 fully saturated rings. The van der Waals surface area contributed by atoms with Gasteiger partial charge in [0.1, 0.15) is 11.5 Å². The van der Waals surface area contributed by atoms with Crippen LogP contribution in [0.4, 0.5) is 4.39 Å². The van der Waals surface area contributed by atoms with Gasteiger partial charge in [0, 0.05) is 20.2 Å². The van der Waals surface area contributed by atoms with Gasteiger partial charge < -0.3 is 9.64 Å². The van der Waals surface area contributed by atoms with Crippen LogP contribution in [0.5, 0.6) is 0 Å². The van der Waals surface area contributed by atoms with Gasteiger partial charge in [0.05, 0.1) is 24.1 Å². The van der Waals surface area contributed by atoms with Crippen molar-refractivity contribution in [2.75, 3.05) is 20.3 Å². The minimum Gasteiger partial charge on any atom is -0.383 e. The quantitative estimate of drug-likeness (QED) is 0.641. The Labute approximate surface area is 158 Å². The van der Waals surface area contributed by atoms with E-state index in [2.05, 4.69) is 5.10 Å². The van der Waals surface area contributed by atoms with Crippen molar-refractivity contribution in [2.24, 2.45) is 0 Å². The van der Waals surface area contributed by atoms with Crippen molar-refractivity contribution >= 4 is 5.91 Å². The van der Waals surface area contributed by atoms with Gasteiger partial charge in [-0.3, -0.25) is 4.79 Å².